The summed E-state index contributed by atoms with van der Waals surface area (Å²) in [4.78, 5) is -0.0160. The lowest BCUT2D eigenvalue weighted by Crippen LogP contribution is -2.33. The number of sulfonamides is 1. The van der Waals surface area contributed by atoms with Gasteiger partial charge in [-0.2, -0.15) is 5.10 Å². The fraction of sp³-hybridized carbons (Fsp3) is 0.250. The van der Waals surface area contributed by atoms with E-state index in [-0.39, 0.29) is 23.7 Å². The molecule has 0 saturated carbocycles. The van der Waals surface area contributed by atoms with Crippen LogP contribution in [0.15, 0.2) is 41.6 Å². The normalized spacial score (nSPS) is 11.6. The lowest BCUT2D eigenvalue weighted by molar-refractivity contribution is 0.306. The molecule has 0 amide bonds. The van der Waals surface area contributed by atoms with E-state index in [0.29, 0.717) is 0 Å². The molecular weight excluding hydrogens is 285 g/mol. The zero-order chi connectivity index (χ0) is 14.8. The second-order valence-corrected chi connectivity index (χ2v) is 5.99. The second kappa shape index (κ2) is 5.59. The molecule has 0 unspecified atom stereocenters. The number of nitrogens with zero attached hydrogens (tertiary/aromatic N) is 3. The quantitative estimate of drug-likeness (QED) is 0.884. The Morgan fingerprint density at radius 1 is 1.45 bits per heavy atom. The monoisotopic (exact) mass is 299 g/mol. The van der Waals surface area contributed by atoms with Crippen molar-refractivity contribution in [3.8, 4) is 0 Å². The summed E-state index contributed by atoms with van der Waals surface area (Å²) < 4.78 is 40.5. The maximum Gasteiger partial charge on any atom is 0.267 e. The van der Waals surface area contributed by atoms with Crippen LogP contribution in [0.4, 0.5) is 10.1 Å². The van der Waals surface area contributed by atoms with Crippen LogP contribution in [0.2, 0.25) is 0 Å². The highest BCUT2D eigenvalue weighted by Gasteiger charge is 2.26. The van der Waals surface area contributed by atoms with E-state index >= 15 is 0 Å². The summed E-state index contributed by atoms with van der Waals surface area (Å²) in [6, 6.07) is 5.20. The molecular formula is C12H14FN3O3S. The molecule has 2 aromatic rings. The summed E-state index contributed by atoms with van der Waals surface area (Å²) in [5.41, 5.74) is 0.155. The van der Waals surface area contributed by atoms with Crippen molar-refractivity contribution >= 4 is 15.7 Å². The van der Waals surface area contributed by atoms with Gasteiger partial charge < -0.3 is 5.11 Å². The van der Waals surface area contributed by atoms with E-state index in [9.17, 15) is 12.8 Å². The van der Waals surface area contributed by atoms with Gasteiger partial charge in [-0.1, -0.05) is 6.07 Å². The van der Waals surface area contributed by atoms with Gasteiger partial charge in [0.1, 0.15) is 10.7 Å². The van der Waals surface area contributed by atoms with Gasteiger partial charge in [0.2, 0.25) is 0 Å². The Morgan fingerprint density at radius 3 is 2.75 bits per heavy atom. The van der Waals surface area contributed by atoms with E-state index in [4.69, 9.17) is 5.11 Å². The predicted octanol–water partition coefficient (Wildman–Crippen LogP) is 0.747. The molecule has 0 aliphatic rings. The van der Waals surface area contributed by atoms with E-state index in [1.807, 2.05) is 0 Å². The van der Waals surface area contributed by atoms with E-state index in [2.05, 4.69) is 5.10 Å². The number of benzene rings is 1. The predicted molar refractivity (Wildman–Crippen MR) is 71.2 cm³/mol. The van der Waals surface area contributed by atoms with Crippen LogP contribution in [0.1, 0.15) is 0 Å². The van der Waals surface area contributed by atoms with Crippen molar-refractivity contribution < 1.29 is 17.9 Å². The minimum atomic E-state index is -3.89. The number of aryl methyl sites for hydroxylation is 1. The van der Waals surface area contributed by atoms with Crippen LogP contribution < -0.4 is 4.31 Å². The van der Waals surface area contributed by atoms with Gasteiger partial charge in [0, 0.05) is 13.2 Å². The van der Waals surface area contributed by atoms with Gasteiger partial charge in [-0.05, 0) is 18.2 Å². The van der Waals surface area contributed by atoms with Crippen molar-refractivity contribution in [2.45, 2.75) is 4.90 Å². The van der Waals surface area contributed by atoms with Crippen LogP contribution in [0.5, 0.6) is 0 Å². The van der Waals surface area contributed by atoms with Gasteiger partial charge >= 0.3 is 0 Å². The Balaban J connectivity index is 2.48. The van der Waals surface area contributed by atoms with Crippen LogP contribution in [0.25, 0.3) is 0 Å². The number of halogens is 1. The van der Waals surface area contributed by atoms with Crippen LogP contribution in [-0.2, 0) is 17.1 Å². The minimum absolute atomic E-state index is 0.0160. The smallest absolute Gasteiger partial charge is 0.267 e. The molecule has 1 aromatic carbocycles. The first kappa shape index (κ1) is 14.5. The van der Waals surface area contributed by atoms with Crippen LogP contribution >= 0.6 is 0 Å². The first-order valence-electron chi connectivity index (χ1n) is 5.83. The minimum Gasteiger partial charge on any atom is -0.394 e. The van der Waals surface area contributed by atoms with Crippen LogP contribution in [-0.4, -0.2) is 36.5 Å². The zero-order valence-corrected chi connectivity index (χ0v) is 11.6. The van der Waals surface area contributed by atoms with Gasteiger partial charge in [0.25, 0.3) is 10.0 Å². The third-order valence-electron chi connectivity index (χ3n) is 2.67. The third kappa shape index (κ3) is 2.81. The fourth-order valence-corrected chi connectivity index (χ4v) is 3.20. The van der Waals surface area contributed by atoms with Crippen molar-refractivity contribution in [2.75, 3.05) is 17.5 Å². The summed E-state index contributed by atoms with van der Waals surface area (Å²) in [6.07, 6.45) is 2.55. The summed E-state index contributed by atoms with van der Waals surface area (Å²) in [7, 11) is -2.29. The van der Waals surface area contributed by atoms with Crippen molar-refractivity contribution in [3.63, 3.8) is 0 Å². The molecule has 8 heteroatoms. The number of rotatable bonds is 5. The highest BCUT2D eigenvalue weighted by Crippen LogP contribution is 2.23. The Labute approximate surface area is 116 Å². The summed E-state index contributed by atoms with van der Waals surface area (Å²) >= 11 is 0. The molecule has 0 spiro atoms. The maximum absolute atomic E-state index is 13.3. The third-order valence-corrected chi connectivity index (χ3v) is 4.45. The van der Waals surface area contributed by atoms with Crippen LogP contribution in [0, 0.1) is 5.82 Å². The Bertz CT molecular complexity index is 699. The first-order chi connectivity index (χ1) is 9.45. The molecule has 0 aliphatic carbocycles. The lowest BCUT2D eigenvalue weighted by atomic mass is 10.3. The van der Waals surface area contributed by atoms with E-state index < -0.39 is 15.8 Å². The first-order valence-corrected chi connectivity index (χ1v) is 7.27. The molecule has 2 rings (SSSR count). The fourth-order valence-electron chi connectivity index (χ4n) is 1.77. The Morgan fingerprint density at radius 2 is 2.20 bits per heavy atom. The molecule has 0 aliphatic heterocycles. The van der Waals surface area contributed by atoms with Gasteiger partial charge in [-0.3, -0.25) is 8.99 Å². The van der Waals surface area contributed by atoms with Gasteiger partial charge in [0.15, 0.2) is 0 Å². The molecule has 1 heterocycles. The summed E-state index contributed by atoms with van der Waals surface area (Å²) in [5, 5.41) is 12.9. The number of hydrogen-bond donors (Lipinski definition) is 1. The van der Waals surface area contributed by atoms with Crippen LogP contribution in [0.3, 0.4) is 0 Å². The zero-order valence-electron chi connectivity index (χ0n) is 10.8. The van der Waals surface area contributed by atoms with Gasteiger partial charge in [-0.25, -0.2) is 12.8 Å². The highest BCUT2D eigenvalue weighted by atomic mass is 32.2. The van der Waals surface area contributed by atoms with E-state index in [0.717, 1.165) is 10.4 Å². The summed E-state index contributed by atoms with van der Waals surface area (Å²) in [5.74, 6) is -0.549. The van der Waals surface area contributed by atoms with E-state index in [1.165, 1.54) is 35.3 Å². The lowest BCUT2D eigenvalue weighted by Gasteiger charge is -2.22. The Kier molecular flexibility index (Phi) is 4.05. The number of aliphatic hydroxyl groups is 1. The number of aromatic nitrogens is 2. The van der Waals surface area contributed by atoms with Gasteiger partial charge in [0.05, 0.1) is 25.0 Å². The molecule has 0 saturated heterocycles. The average molecular weight is 299 g/mol. The van der Waals surface area contributed by atoms with Crippen molar-refractivity contribution in [3.05, 3.63) is 42.5 Å². The standard InChI is InChI=1S/C12H14FN3O3S/c1-15-9-12(8-14-15)20(18,19)16(5-6-17)11-4-2-3-10(13)7-11/h2-4,7-9,17H,5-6H2,1H3. The maximum atomic E-state index is 13.3. The second-order valence-electron chi connectivity index (χ2n) is 4.13. The molecule has 1 N–H and O–H groups in total. The number of hydrogen-bond acceptors (Lipinski definition) is 4. The molecule has 0 atom stereocenters. The molecule has 6 nitrogen and oxygen atoms in total. The Hall–Kier alpha value is -1.93. The molecule has 0 radical (unpaired) electrons. The molecule has 20 heavy (non-hydrogen) atoms. The topological polar surface area (TPSA) is 75.4 Å². The SMILES string of the molecule is Cn1cc(S(=O)(=O)N(CCO)c2cccc(F)c2)cn1. The number of anilines is 1. The molecule has 108 valence electrons. The largest absolute Gasteiger partial charge is 0.394 e. The molecule has 0 fully saturated rings. The van der Waals surface area contributed by atoms with E-state index in [1.54, 1.807) is 7.05 Å². The molecule has 0 bridgehead atoms. The van der Waals surface area contributed by atoms with Crippen molar-refractivity contribution in [1.82, 2.24) is 9.78 Å². The van der Waals surface area contributed by atoms with Gasteiger partial charge in [-0.15, -0.1) is 0 Å². The van der Waals surface area contributed by atoms with Crippen molar-refractivity contribution in [2.24, 2.45) is 7.05 Å². The number of aliphatic hydroxyl groups excluding tert-OH is 1. The summed E-state index contributed by atoms with van der Waals surface area (Å²) in [6.45, 7) is -0.545. The molecule has 1 aromatic heterocycles. The highest BCUT2D eigenvalue weighted by molar-refractivity contribution is 7.92. The average Bonchev–Trinajstić information content (AvgIpc) is 2.83. The van der Waals surface area contributed by atoms with Crippen molar-refractivity contribution in [1.29, 1.82) is 0 Å².